The van der Waals surface area contributed by atoms with Crippen LogP contribution < -0.4 is 10.2 Å². The molecule has 1 heterocycles. The zero-order valence-electron chi connectivity index (χ0n) is 15.4. The monoisotopic (exact) mass is 410 g/mol. The lowest BCUT2D eigenvalue weighted by atomic mass is 10.2. The molecule has 1 saturated heterocycles. The minimum Gasteiger partial charge on any atom is -0.325 e. The molecule has 0 unspecified atom stereocenters. The van der Waals surface area contributed by atoms with Gasteiger partial charge in [-0.25, -0.2) is 17.2 Å². The van der Waals surface area contributed by atoms with Crippen LogP contribution in [0.4, 0.5) is 14.5 Å². The molecule has 0 aliphatic carbocycles. The van der Waals surface area contributed by atoms with E-state index < -0.39 is 26.6 Å². The highest BCUT2D eigenvalue weighted by molar-refractivity contribution is 7.89. The van der Waals surface area contributed by atoms with Crippen molar-refractivity contribution in [3.63, 3.8) is 0 Å². The summed E-state index contributed by atoms with van der Waals surface area (Å²) in [5, 5.41) is 2.83. The van der Waals surface area contributed by atoms with Gasteiger partial charge in [0.1, 0.15) is 16.5 Å². The van der Waals surface area contributed by atoms with E-state index in [0.29, 0.717) is 19.2 Å². The van der Waals surface area contributed by atoms with Crippen LogP contribution in [0.3, 0.4) is 0 Å². The highest BCUT2D eigenvalue weighted by Crippen LogP contribution is 2.20. The summed E-state index contributed by atoms with van der Waals surface area (Å²) in [6.07, 6.45) is 0. The minimum absolute atomic E-state index is 0.151. The van der Waals surface area contributed by atoms with Gasteiger partial charge in [0.2, 0.25) is 10.0 Å². The van der Waals surface area contributed by atoms with E-state index in [9.17, 15) is 22.0 Å². The lowest BCUT2D eigenvalue weighted by Gasteiger charge is -2.31. The van der Waals surface area contributed by atoms with Gasteiger partial charge in [-0.2, -0.15) is 4.31 Å². The topological polar surface area (TPSA) is 70.9 Å². The second-order valence-corrected chi connectivity index (χ2v) is 8.73. The maximum Gasteiger partial charge on any atom is 0.279 e. The average Bonchev–Trinajstić information content (AvgIpc) is 2.61. The molecular weight excluding hydrogens is 388 g/mol. The Morgan fingerprint density at radius 2 is 1.86 bits per heavy atom. The van der Waals surface area contributed by atoms with Gasteiger partial charge in [0, 0.05) is 11.8 Å². The molecule has 1 aliphatic heterocycles. The summed E-state index contributed by atoms with van der Waals surface area (Å²) in [5.41, 5.74) is 1.76. The fraction of sp³-hybridized carbons (Fsp3) is 0.316. The van der Waals surface area contributed by atoms with Gasteiger partial charge in [0.25, 0.3) is 5.91 Å². The number of rotatable bonds is 5. The molecule has 2 aromatic carbocycles. The molecular formula is C19H22F2N3O3S+. The number of nitrogens with one attached hydrogen (secondary N) is 2. The highest BCUT2D eigenvalue weighted by Gasteiger charge is 2.33. The Morgan fingerprint density at radius 1 is 1.14 bits per heavy atom. The number of amides is 1. The van der Waals surface area contributed by atoms with Crippen molar-refractivity contribution in [1.29, 1.82) is 0 Å². The molecule has 150 valence electrons. The zero-order valence-corrected chi connectivity index (χ0v) is 16.2. The van der Waals surface area contributed by atoms with Gasteiger partial charge in [0.15, 0.2) is 6.54 Å². The molecule has 6 nitrogen and oxygen atoms in total. The number of hydrogen-bond acceptors (Lipinski definition) is 3. The van der Waals surface area contributed by atoms with Gasteiger partial charge in [-0.05, 0) is 36.8 Å². The van der Waals surface area contributed by atoms with Crippen LogP contribution in [0.5, 0.6) is 0 Å². The van der Waals surface area contributed by atoms with Crippen LogP contribution in [0.2, 0.25) is 0 Å². The van der Waals surface area contributed by atoms with Crippen LogP contribution >= 0.6 is 0 Å². The number of halogens is 2. The van der Waals surface area contributed by atoms with Crippen molar-refractivity contribution in [2.24, 2.45) is 0 Å². The number of hydrogen-bond donors (Lipinski definition) is 2. The predicted molar refractivity (Wildman–Crippen MR) is 100 cm³/mol. The Labute approximate surface area is 162 Å². The average molecular weight is 410 g/mol. The van der Waals surface area contributed by atoms with E-state index in [1.807, 2.05) is 31.2 Å². The number of carbonyl (C=O) groups is 1. The fourth-order valence-electron chi connectivity index (χ4n) is 3.20. The van der Waals surface area contributed by atoms with E-state index in [1.54, 1.807) is 0 Å². The third-order valence-corrected chi connectivity index (χ3v) is 6.59. The number of sulfonamides is 1. The molecule has 28 heavy (non-hydrogen) atoms. The lowest BCUT2D eigenvalue weighted by Crippen LogP contribution is -3.15. The Kier molecular flexibility index (Phi) is 6.07. The summed E-state index contributed by atoms with van der Waals surface area (Å²) < 4.78 is 53.3. The Morgan fingerprint density at radius 3 is 2.50 bits per heavy atom. The zero-order chi connectivity index (χ0) is 20.3. The predicted octanol–water partition coefficient (Wildman–Crippen LogP) is 0.801. The number of carbonyl (C=O) groups excluding carboxylic acids is 1. The first-order chi connectivity index (χ1) is 13.3. The standard InChI is InChI=1S/C19H21F2N3O3S/c1-14-3-2-4-16(11-14)22-19(25)13-23-7-9-24(10-8-23)28(26,27)18-6-5-15(20)12-17(18)21/h2-6,11-12H,7-10,13H2,1H3,(H,22,25)/p+1. The molecule has 1 amide bonds. The molecule has 0 radical (unpaired) electrons. The first kappa shape index (κ1) is 20.4. The van der Waals surface area contributed by atoms with E-state index >= 15 is 0 Å². The number of piperazine rings is 1. The second kappa shape index (κ2) is 8.34. The first-order valence-electron chi connectivity index (χ1n) is 8.91. The smallest absolute Gasteiger partial charge is 0.279 e. The van der Waals surface area contributed by atoms with E-state index in [0.717, 1.165) is 28.3 Å². The number of quaternary nitrogens is 1. The SMILES string of the molecule is Cc1cccc(NC(=O)C[NH+]2CCN(S(=O)(=O)c3ccc(F)cc3F)CC2)c1. The van der Waals surface area contributed by atoms with Crippen LogP contribution in [0, 0.1) is 18.6 Å². The third kappa shape index (κ3) is 4.73. The van der Waals surface area contributed by atoms with Gasteiger partial charge < -0.3 is 10.2 Å². The number of anilines is 1. The van der Waals surface area contributed by atoms with Crippen LogP contribution in [0.25, 0.3) is 0 Å². The Hall–Kier alpha value is -2.36. The second-order valence-electron chi connectivity index (χ2n) is 6.82. The van der Waals surface area contributed by atoms with E-state index in [1.165, 1.54) is 4.31 Å². The fourth-order valence-corrected chi connectivity index (χ4v) is 4.68. The number of nitrogens with zero attached hydrogens (tertiary/aromatic N) is 1. The van der Waals surface area contributed by atoms with Crippen molar-refractivity contribution >= 4 is 21.6 Å². The molecule has 2 N–H and O–H groups in total. The van der Waals surface area contributed by atoms with Crippen LogP contribution in [-0.2, 0) is 14.8 Å². The summed E-state index contributed by atoms with van der Waals surface area (Å²) in [6, 6.07) is 9.89. The summed E-state index contributed by atoms with van der Waals surface area (Å²) in [4.78, 5) is 12.6. The Balaban J connectivity index is 1.57. The molecule has 0 aromatic heterocycles. The van der Waals surface area contributed by atoms with Crippen molar-refractivity contribution in [3.8, 4) is 0 Å². The molecule has 0 bridgehead atoms. The minimum atomic E-state index is -4.04. The lowest BCUT2D eigenvalue weighted by molar-refractivity contribution is -0.895. The van der Waals surface area contributed by atoms with Gasteiger partial charge in [-0.1, -0.05) is 12.1 Å². The quantitative estimate of drug-likeness (QED) is 0.766. The first-order valence-corrected chi connectivity index (χ1v) is 10.3. The molecule has 0 saturated carbocycles. The molecule has 1 fully saturated rings. The van der Waals surface area contributed by atoms with E-state index in [2.05, 4.69) is 5.32 Å². The number of benzene rings is 2. The number of aryl methyl sites for hydroxylation is 1. The van der Waals surface area contributed by atoms with E-state index in [4.69, 9.17) is 0 Å². The molecule has 0 spiro atoms. The Bertz CT molecular complexity index is 974. The van der Waals surface area contributed by atoms with Crippen molar-refractivity contribution in [2.45, 2.75) is 11.8 Å². The van der Waals surface area contributed by atoms with Crippen molar-refractivity contribution in [3.05, 3.63) is 59.7 Å². The molecule has 1 aliphatic rings. The van der Waals surface area contributed by atoms with Crippen LogP contribution in [-0.4, -0.2) is 51.4 Å². The van der Waals surface area contributed by atoms with Crippen molar-refractivity contribution in [1.82, 2.24) is 4.31 Å². The summed E-state index contributed by atoms with van der Waals surface area (Å²) in [7, 11) is -4.04. The van der Waals surface area contributed by atoms with Gasteiger partial charge in [-0.15, -0.1) is 0 Å². The van der Waals surface area contributed by atoms with Crippen LogP contribution in [0.15, 0.2) is 47.4 Å². The molecule has 0 atom stereocenters. The van der Waals surface area contributed by atoms with Gasteiger partial charge >= 0.3 is 0 Å². The largest absolute Gasteiger partial charge is 0.325 e. The molecule has 9 heteroatoms. The maximum atomic E-state index is 13.9. The van der Waals surface area contributed by atoms with Crippen molar-refractivity contribution in [2.75, 3.05) is 38.0 Å². The molecule has 2 aromatic rings. The molecule has 3 rings (SSSR count). The summed E-state index contributed by atoms with van der Waals surface area (Å²) in [5.74, 6) is -2.08. The van der Waals surface area contributed by atoms with Gasteiger partial charge in [0.05, 0.1) is 26.2 Å². The maximum absolute atomic E-state index is 13.9. The van der Waals surface area contributed by atoms with Crippen molar-refractivity contribution < 1.29 is 26.9 Å². The summed E-state index contributed by atoms with van der Waals surface area (Å²) in [6.45, 7) is 3.31. The third-order valence-electron chi connectivity index (χ3n) is 4.65. The van der Waals surface area contributed by atoms with Crippen LogP contribution in [0.1, 0.15) is 5.56 Å². The summed E-state index contributed by atoms with van der Waals surface area (Å²) >= 11 is 0. The van der Waals surface area contributed by atoms with Gasteiger partial charge in [-0.3, -0.25) is 4.79 Å². The highest BCUT2D eigenvalue weighted by atomic mass is 32.2. The normalized spacial score (nSPS) is 16.1. The van der Waals surface area contributed by atoms with E-state index in [-0.39, 0.29) is 25.5 Å².